The van der Waals surface area contributed by atoms with Crippen molar-refractivity contribution in [3.05, 3.63) is 29.6 Å². The van der Waals surface area contributed by atoms with Crippen LogP contribution in [-0.2, 0) is 9.47 Å². The minimum atomic E-state index is -1.26. The number of hydrogen-bond acceptors (Lipinski definition) is 4. The van der Waals surface area contributed by atoms with Crippen LogP contribution in [-0.4, -0.2) is 50.6 Å². The van der Waals surface area contributed by atoms with Gasteiger partial charge in [0.05, 0.1) is 31.1 Å². The molecule has 1 rings (SSSR count). The van der Waals surface area contributed by atoms with Crippen molar-refractivity contribution in [1.82, 2.24) is 5.32 Å². The monoisotopic (exact) mass is 300 g/mol. The molecule has 0 radical (unpaired) electrons. The highest BCUT2D eigenvalue weighted by atomic mass is 19.1. The van der Waals surface area contributed by atoms with Crippen molar-refractivity contribution in [3.8, 4) is 0 Å². The smallest absolute Gasteiger partial charge is 0.337 e. The van der Waals surface area contributed by atoms with Gasteiger partial charge in [0.1, 0.15) is 5.82 Å². The Bertz CT molecular complexity index is 495. The molecule has 0 atom stereocenters. The lowest BCUT2D eigenvalue weighted by molar-refractivity contribution is 0.0698. The van der Waals surface area contributed by atoms with E-state index in [-0.39, 0.29) is 24.4 Å². The van der Waals surface area contributed by atoms with Crippen molar-refractivity contribution >= 4 is 17.7 Å². The molecule has 8 heteroatoms. The number of nitrogens with one attached hydrogen (secondary N) is 2. The number of anilines is 1. The molecule has 7 nitrogen and oxygen atoms in total. The lowest BCUT2D eigenvalue weighted by Gasteiger charge is -2.10. The molecule has 0 aliphatic heterocycles. The van der Waals surface area contributed by atoms with Gasteiger partial charge in [-0.25, -0.2) is 14.0 Å². The normalized spacial score (nSPS) is 10.2. The highest BCUT2D eigenvalue weighted by Gasteiger charge is 2.13. The quantitative estimate of drug-likeness (QED) is 0.629. The molecule has 1 aromatic carbocycles. The number of aromatic carboxylic acids is 1. The Morgan fingerprint density at radius 1 is 1.29 bits per heavy atom. The second kappa shape index (κ2) is 8.88. The fourth-order valence-electron chi connectivity index (χ4n) is 1.45. The van der Waals surface area contributed by atoms with Gasteiger partial charge >= 0.3 is 12.0 Å². The van der Waals surface area contributed by atoms with Crippen LogP contribution in [0.1, 0.15) is 10.4 Å². The number of carboxylic acid groups (broad SMARTS) is 1. The van der Waals surface area contributed by atoms with Gasteiger partial charge in [-0.05, 0) is 18.2 Å². The maximum atomic E-state index is 13.1. The summed E-state index contributed by atoms with van der Waals surface area (Å²) >= 11 is 0. The minimum Gasteiger partial charge on any atom is -0.478 e. The summed E-state index contributed by atoms with van der Waals surface area (Å²) in [5.74, 6) is -1.90. The maximum Gasteiger partial charge on any atom is 0.337 e. The first kappa shape index (κ1) is 16.9. The number of ether oxygens (including phenoxy) is 2. The molecule has 2 amide bonds. The van der Waals surface area contributed by atoms with Crippen LogP contribution in [0.15, 0.2) is 18.2 Å². The van der Waals surface area contributed by atoms with Crippen LogP contribution in [0.4, 0.5) is 14.9 Å². The number of carboxylic acids is 1. The van der Waals surface area contributed by atoms with Gasteiger partial charge < -0.3 is 25.2 Å². The number of urea groups is 1. The van der Waals surface area contributed by atoms with Gasteiger partial charge in [0.15, 0.2) is 0 Å². The minimum absolute atomic E-state index is 0.111. The van der Waals surface area contributed by atoms with E-state index in [9.17, 15) is 14.0 Å². The Kier molecular flexibility index (Phi) is 7.13. The number of benzene rings is 1. The standard InChI is InChI=1S/C13H17FN2O5/c1-20-6-7-21-5-4-15-13(19)16-11-8-9(14)2-3-10(11)12(17)18/h2-3,8H,4-7H2,1H3,(H,17,18)(H2,15,16,19). The van der Waals surface area contributed by atoms with Gasteiger partial charge in [0, 0.05) is 13.7 Å². The SMILES string of the molecule is COCCOCCNC(=O)Nc1cc(F)ccc1C(=O)O. The van der Waals surface area contributed by atoms with Gasteiger partial charge in [-0.2, -0.15) is 0 Å². The zero-order valence-corrected chi connectivity index (χ0v) is 11.5. The second-order valence-corrected chi connectivity index (χ2v) is 3.98. The van der Waals surface area contributed by atoms with Crippen molar-refractivity contribution in [2.75, 3.05) is 38.8 Å². The molecule has 3 N–H and O–H groups in total. The van der Waals surface area contributed by atoms with Gasteiger partial charge in [-0.3, -0.25) is 0 Å². The van der Waals surface area contributed by atoms with E-state index < -0.39 is 17.8 Å². The Labute approximate surface area is 121 Å². The van der Waals surface area contributed by atoms with Crippen LogP contribution < -0.4 is 10.6 Å². The van der Waals surface area contributed by atoms with E-state index >= 15 is 0 Å². The summed E-state index contributed by atoms with van der Waals surface area (Å²) < 4.78 is 23.0. The van der Waals surface area contributed by atoms with Crippen molar-refractivity contribution in [3.63, 3.8) is 0 Å². The summed E-state index contributed by atoms with van der Waals surface area (Å²) in [6.45, 7) is 1.38. The topological polar surface area (TPSA) is 96.9 Å². The molecule has 0 aliphatic rings. The predicted molar refractivity (Wildman–Crippen MR) is 73.1 cm³/mol. The highest BCUT2D eigenvalue weighted by Crippen LogP contribution is 2.17. The zero-order chi connectivity index (χ0) is 15.7. The van der Waals surface area contributed by atoms with Crippen molar-refractivity contribution in [2.45, 2.75) is 0 Å². The van der Waals surface area contributed by atoms with E-state index in [0.29, 0.717) is 13.2 Å². The fraction of sp³-hybridized carbons (Fsp3) is 0.385. The summed E-state index contributed by atoms with van der Waals surface area (Å²) in [5.41, 5.74) is -0.303. The fourth-order valence-corrected chi connectivity index (χ4v) is 1.45. The predicted octanol–water partition coefficient (Wildman–Crippen LogP) is 1.31. The molecule has 0 saturated carbocycles. The van der Waals surface area contributed by atoms with Gasteiger partial charge in [0.2, 0.25) is 0 Å². The molecular formula is C13H17FN2O5. The van der Waals surface area contributed by atoms with E-state index in [1.165, 1.54) is 0 Å². The van der Waals surface area contributed by atoms with Crippen LogP contribution in [0, 0.1) is 5.82 Å². The lowest BCUT2D eigenvalue weighted by Crippen LogP contribution is -2.32. The van der Waals surface area contributed by atoms with E-state index in [4.69, 9.17) is 14.6 Å². The average Bonchev–Trinajstić information content (AvgIpc) is 2.42. The van der Waals surface area contributed by atoms with E-state index in [2.05, 4.69) is 10.6 Å². The largest absolute Gasteiger partial charge is 0.478 e. The van der Waals surface area contributed by atoms with E-state index in [1.54, 1.807) is 7.11 Å². The molecule has 0 heterocycles. The molecule has 0 fully saturated rings. The average molecular weight is 300 g/mol. The molecule has 0 unspecified atom stereocenters. The molecule has 0 aliphatic carbocycles. The summed E-state index contributed by atoms with van der Waals surface area (Å²) in [7, 11) is 1.55. The number of methoxy groups -OCH3 is 1. The number of carbonyl (C=O) groups excluding carboxylic acids is 1. The Morgan fingerprint density at radius 2 is 2.05 bits per heavy atom. The van der Waals surface area contributed by atoms with E-state index in [0.717, 1.165) is 18.2 Å². The van der Waals surface area contributed by atoms with Crippen LogP contribution in [0.5, 0.6) is 0 Å². The van der Waals surface area contributed by atoms with Gasteiger partial charge in [-0.15, -0.1) is 0 Å². The summed E-state index contributed by atoms with van der Waals surface area (Å²) in [5, 5.41) is 13.7. The molecule has 21 heavy (non-hydrogen) atoms. The van der Waals surface area contributed by atoms with Crippen molar-refractivity contribution in [1.29, 1.82) is 0 Å². The van der Waals surface area contributed by atoms with Crippen molar-refractivity contribution < 1.29 is 28.6 Å². The molecule has 0 aromatic heterocycles. The summed E-state index contributed by atoms with van der Waals surface area (Å²) in [6, 6.07) is 2.40. The maximum absolute atomic E-state index is 13.1. The third kappa shape index (κ3) is 6.19. The number of carbonyl (C=O) groups is 2. The lowest BCUT2D eigenvalue weighted by atomic mass is 10.2. The third-order valence-corrected chi connectivity index (χ3v) is 2.42. The van der Waals surface area contributed by atoms with Crippen LogP contribution in [0.2, 0.25) is 0 Å². The summed E-state index contributed by atoms with van der Waals surface area (Å²) in [4.78, 5) is 22.5. The highest BCUT2D eigenvalue weighted by molar-refractivity contribution is 5.99. The first-order chi connectivity index (χ1) is 10.0. The van der Waals surface area contributed by atoms with Gasteiger partial charge in [0.25, 0.3) is 0 Å². The number of amides is 2. The van der Waals surface area contributed by atoms with E-state index in [1.807, 2.05) is 0 Å². The second-order valence-electron chi connectivity index (χ2n) is 3.98. The molecule has 116 valence electrons. The van der Waals surface area contributed by atoms with Crippen molar-refractivity contribution in [2.24, 2.45) is 0 Å². The molecule has 0 bridgehead atoms. The number of hydrogen-bond donors (Lipinski definition) is 3. The Hall–Kier alpha value is -2.19. The first-order valence-electron chi connectivity index (χ1n) is 6.19. The molecular weight excluding hydrogens is 283 g/mol. The number of halogens is 1. The van der Waals surface area contributed by atoms with Crippen LogP contribution >= 0.6 is 0 Å². The molecule has 1 aromatic rings. The molecule has 0 saturated heterocycles. The summed E-state index contributed by atoms with van der Waals surface area (Å²) in [6.07, 6.45) is 0. The van der Waals surface area contributed by atoms with Crippen LogP contribution in [0.25, 0.3) is 0 Å². The number of rotatable bonds is 8. The van der Waals surface area contributed by atoms with Gasteiger partial charge in [-0.1, -0.05) is 0 Å². The first-order valence-corrected chi connectivity index (χ1v) is 6.19. The Morgan fingerprint density at radius 3 is 2.71 bits per heavy atom. The third-order valence-electron chi connectivity index (χ3n) is 2.42. The zero-order valence-electron chi connectivity index (χ0n) is 11.5. The van der Waals surface area contributed by atoms with Crippen LogP contribution in [0.3, 0.4) is 0 Å². The Balaban J connectivity index is 2.44. The molecule has 0 spiro atoms.